The second-order valence-corrected chi connectivity index (χ2v) is 2.56. The zero-order valence-corrected chi connectivity index (χ0v) is 6.83. The normalized spacial score (nSPS) is 11.7. The second-order valence-electron chi connectivity index (χ2n) is 2.56. The predicted octanol–water partition coefficient (Wildman–Crippen LogP) is 1.58. The Kier molecular flexibility index (Phi) is 2.80. The van der Waals surface area contributed by atoms with Crippen molar-refractivity contribution in [3.63, 3.8) is 0 Å². The van der Waals surface area contributed by atoms with Gasteiger partial charge in [-0.2, -0.15) is 0 Å². The maximum absolute atomic E-state index is 12.6. The van der Waals surface area contributed by atoms with Gasteiger partial charge in [-0.1, -0.05) is 12.1 Å². The van der Waals surface area contributed by atoms with Crippen LogP contribution in [0.4, 0.5) is 4.39 Å². The molecule has 0 N–H and O–H groups in total. The van der Waals surface area contributed by atoms with Gasteiger partial charge in [0.2, 0.25) is 0 Å². The van der Waals surface area contributed by atoms with Gasteiger partial charge in [-0.25, -0.2) is 9.13 Å². The standard InChI is InChI=1S/C9H10FNO/c1-11(12)6-5-8-3-2-4-9(10)7-8/h2-4,6-7H,5H2,1H3. The molecule has 0 aliphatic rings. The van der Waals surface area contributed by atoms with Gasteiger partial charge in [0.25, 0.3) is 0 Å². The highest BCUT2D eigenvalue weighted by molar-refractivity contribution is 5.56. The van der Waals surface area contributed by atoms with Crippen LogP contribution in [0.1, 0.15) is 5.56 Å². The van der Waals surface area contributed by atoms with Crippen LogP contribution in [-0.2, 0) is 6.42 Å². The van der Waals surface area contributed by atoms with Crippen LogP contribution >= 0.6 is 0 Å². The maximum atomic E-state index is 12.6. The van der Waals surface area contributed by atoms with Gasteiger partial charge < -0.3 is 5.21 Å². The zero-order valence-electron chi connectivity index (χ0n) is 6.83. The lowest BCUT2D eigenvalue weighted by atomic mass is 10.2. The second kappa shape index (κ2) is 3.85. The molecule has 0 unspecified atom stereocenters. The summed E-state index contributed by atoms with van der Waals surface area (Å²) < 4.78 is 13.3. The fourth-order valence-corrected chi connectivity index (χ4v) is 0.898. The predicted molar refractivity (Wildman–Crippen MR) is 45.7 cm³/mol. The molecule has 0 radical (unpaired) electrons. The van der Waals surface area contributed by atoms with Crippen molar-refractivity contribution in [3.05, 3.63) is 40.9 Å². The van der Waals surface area contributed by atoms with E-state index >= 15 is 0 Å². The van der Waals surface area contributed by atoms with E-state index in [0.29, 0.717) is 11.2 Å². The van der Waals surface area contributed by atoms with E-state index in [4.69, 9.17) is 0 Å². The summed E-state index contributed by atoms with van der Waals surface area (Å²) in [5, 5.41) is 10.5. The van der Waals surface area contributed by atoms with E-state index in [9.17, 15) is 9.60 Å². The molecule has 0 aliphatic carbocycles. The summed E-state index contributed by atoms with van der Waals surface area (Å²) in [5.74, 6) is -0.269. The molecule has 0 saturated carbocycles. The van der Waals surface area contributed by atoms with Crippen molar-refractivity contribution >= 4 is 6.21 Å². The van der Waals surface area contributed by atoms with Crippen LogP contribution in [0, 0.1) is 11.0 Å². The Labute approximate surface area is 70.5 Å². The van der Waals surface area contributed by atoms with Crippen molar-refractivity contribution in [3.8, 4) is 0 Å². The van der Waals surface area contributed by atoms with Gasteiger partial charge >= 0.3 is 0 Å². The van der Waals surface area contributed by atoms with E-state index in [-0.39, 0.29) is 5.82 Å². The Hall–Kier alpha value is -1.38. The molecule has 1 rings (SSSR count). The third kappa shape index (κ3) is 2.70. The lowest BCUT2D eigenvalue weighted by Crippen LogP contribution is -1.99. The summed E-state index contributed by atoms with van der Waals surface area (Å²) in [5.41, 5.74) is 0.803. The lowest BCUT2D eigenvalue weighted by molar-refractivity contribution is -0.418. The molecular formula is C9H10FNO. The minimum atomic E-state index is -0.269. The van der Waals surface area contributed by atoms with Crippen LogP contribution in [0.2, 0.25) is 0 Å². The molecule has 0 aromatic heterocycles. The summed E-state index contributed by atoms with van der Waals surface area (Å²) in [4.78, 5) is 0. The first-order chi connectivity index (χ1) is 5.68. The molecule has 1 aromatic carbocycles. The smallest absolute Gasteiger partial charge is 0.155 e. The highest BCUT2D eigenvalue weighted by atomic mass is 19.1. The van der Waals surface area contributed by atoms with Crippen LogP contribution in [0.25, 0.3) is 0 Å². The number of halogens is 1. The lowest BCUT2D eigenvalue weighted by Gasteiger charge is -1.96. The van der Waals surface area contributed by atoms with Crippen LogP contribution < -0.4 is 0 Å². The minimum Gasteiger partial charge on any atom is -0.624 e. The van der Waals surface area contributed by atoms with Crippen molar-refractivity contribution < 1.29 is 9.13 Å². The Morgan fingerprint density at radius 2 is 2.33 bits per heavy atom. The fourth-order valence-electron chi connectivity index (χ4n) is 0.898. The molecule has 3 heteroatoms. The number of nitrogens with zero attached hydrogens (tertiary/aromatic N) is 1. The number of hydrogen-bond acceptors (Lipinski definition) is 1. The van der Waals surface area contributed by atoms with Gasteiger partial charge in [-0.15, -0.1) is 0 Å². The maximum Gasteiger partial charge on any atom is 0.155 e. The van der Waals surface area contributed by atoms with Gasteiger partial charge in [0.15, 0.2) is 6.21 Å². The average molecular weight is 167 g/mol. The molecule has 0 bridgehead atoms. The van der Waals surface area contributed by atoms with Crippen LogP contribution in [0.3, 0.4) is 0 Å². The van der Waals surface area contributed by atoms with E-state index in [2.05, 4.69) is 0 Å². The summed E-state index contributed by atoms with van der Waals surface area (Å²) in [6.45, 7) is 0. The molecule has 1 aromatic rings. The molecule has 0 spiro atoms. The monoisotopic (exact) mass is 167 g/mol. The average Bonchev–Trinajstić information content (AvgIpc) is 2.01. The Balaban J connectivity index is 2.70. The number of rotatable bonds is 2. The van der Waals surface area contributed by atoms with E-state index in [1.165, 1.54) is 25.4 Å². The summed E-state index contributed by atoms with van der Waals surface area (Å²) in [7, 11) is 1.40. The topological polar surface area (TPSA) is 26.1 Å². The number of benzene rings is 1. The molecule has 0 heterocycles. The molecule has 0 aliphatic heterocycles. The quantitative estimate of drug-likeness (QED) is 0.284. The van der Waals surface area contributed by atoms with Gasteiger partial charge in [0.05, 0.1) is 6.42 Å². The van der Waals surface area contributed by atoms with Crippen LogP contribution in [-0.4, -0.2) is 18.0 Å². The first-order valence-corrected chi connectivity index (χ1v) is 3.66. The fraction of sp³-hybridized carbons (Fsp3) is 0.222. The van der Waals surface area contributed by atoms with Gasteiger partial charge in [-0.3, -0.25) is 0 Å². The van der Waals surface area contributed by atoms with Crippen molar-refractivity contribution in [1.29, 1.82) is 0 Å². The molecule has 2 nitrogen and oxygen atoms in total. The Bertz CT molecular complexity index is 292. The van der Waals surface area contributed by atoms with Crippen molar-refractivity contribution in [2.75, 3.05) is 7.05 Å². The van der Waals surface area contributed by atoms with Gasteiger partial charge in [0, 0.05) is 0 Å². The van der Waals surface area contributed by atoms with Crippen molar-refractivity contribution in [1.82, 2.24) is 0 Å². The SMILES string of the molecule is C[N+]([O-])=CCc1cccc(F)c1. The molecular weight excluding hydrogens is 157 g/mol. The largest absolute Gasteiger partial charge is 0.624 e. The highest BCUT2D eigenvalue weighted by Crippen LogP contribution is 2.02. The van der Waals surface area contributed by atoms with E-state index in [0.717, 1.165) is 5.56 Å². The summed E-state index contributed by atoms with van der Waals surface area (Å²) in [6.07, 6.45) is 1.92. The highest BCUT2D eigenvalue weighted by Gasteiger charge is 1.94. The number of hydrogen-bond donors (Lipinski definition) is 0. The first kappa shape index (κ1) is 8.71. The molecule has 0 saturated heterocycles. The summed E-state index contributed by atoms with van der Waals surface area (Å²) in [6, 6.07) is 6.21. The van der Waals surface area contributed by atoms with Crippen LogP contribution in [0.5, 0.6) is 0 Å². The van der Waals surface area contributed by atoms with Gasteiger partial charge in [-0.05, 0) is 17.7 Å². The van der Waals surface area contributed by atoms with E-state index in [1.807, 2.05) is 0 Å². The van der Waals surface area contributed by atoms with Crippen molar-refractivity contribution in [2.24, 2.45) is 0 Å². The molecule has 0 atom stereocenters. The molecule has 12 heavy (non-hydrogen) atoms. The summed E-state index contributed by atoms with van der Waals surface area (Å²) >= 11 is 0. The van der Waals surface area contributed by atoms with Crippen molar-refractivity contribution in [2.45, 2.75) is 6.42 Å². The number of hydroxylamine groups is 1. The Morgan fingerprint density at radius 3 is 2.92 bits per heavy atom. The van der Waals surface area contributed by atoms with E-state index in [1.54, 1.807) is 12.1 Å². The van der Waals surface area contributed by atoms with E-state index < -0.39 is 0 Å². The first-order valence-electron chi connectivity index (χ1n) is 3.66. The van der Waals surface area contributed by atoms with Crippen LogP contribution in [0.15, 0.2) is 24.3 Å². The zero-order chi connectivity index (χ0) is 8.97. The third-order valence-corrected chi connectivity index (χ3v) is 1.47. The molecule has 64 valence electrons. The minimum absolute atomic E-state index is 0.269. The molecule has 0 amide bonds. The molecule has 0 fully saturated rings. The third-order valence-electron chi connectivity index (χ3n) is 1.47. The van der Waals surface area contributed by atoms with Gasteiger partial charge in [0.1, 0.15) is 12.9 Å². The Morgan fingerprint density at radius 1 is 1.58 bits per heavy atom.